The number of aromatic nitrogens is 1. The van der Waals surface area contributed by atoms with Gasteiger partial charge in [-0.15, -0.1) is 11.3 Å². The second-order valence-corrected chi connectivity index (χ2v) is 6.45. The highest BCUT2D eigenvalue weighted by molar-refractivity contribution is 7.21. The molecule has 0 atom stereocenters. The Hall–Kier alpha value is -2.08. The van der Waals surface area contributed by atoms with Crippen LogP contribution in [0.5, 0.6) is 0 Å². The Kier molecular flexibility index (Phi) is 3.55. The van der Waals surface area contributed by atoms with E-state index in [1.807, 2.05) is 13.0 Å². The van der Waals surface area contributed by atoms with Crippen molar-refractivity contribution in [1.29, 1.82) is 5.41 Å². The highest BCUT2D eigenvalue weighted by Gasteiger charge is 2.22. The Morgan fingerprint density at radius 3 is 3.00 bits per heavy atom. The highest BCUT2D eigenvalue weighted by atomic mass is 32.1. The molecule has 5 nitrogen and oxygen atoms in total. The molecular weight excluding hydrogens is 282 g/mol. The topological polar surface area (TPSA) is 101 Å². The molecule has 1 aliphatic carbocycles. The lowest BCUT2D eigenvalue weighted by atomic mass is 10.1. The molecule has 0 unspecified atom stereocenters. The maximum atomic E-state index is 8.07. The van der Waals surface area contributed by atoms with Gasteiger partial charge in [-0.05, 0) is 43.5 Å². The number of nitrogen functional groups attached to an aromatic ring is 1. The van der Waals surface area contributed by atoms with Crippen molar-refractivity contribution in [2.24, 2.45) is 11.7 Å². The molecule has 6 N–H and O–H groups in total. The van der Waals surface area contributed by atoms with Gasteiger partial charge in [0.05, 0.1) is 26.5 Å². The molecule has 110 valence electrons. The summed E-state index contributed by atoms with van der Waals surface area (Å²) >= 11 is 1.57. The quantitative estimate of drug-likeness (QED) is 0.638. The molecule has 2 heterocycles. The van der Waals surface area contributed by atoms with Gasteiger partial charge in [0.15, 0.2) is 0 Å². The van der Waals surface area contributed by atoms with Crippen LogP contribution >= 0.6 is 11.3 Å². The second kappa shape index (κ2) is 5.37. The van der Waals surface area contributed by atoms with Crippen LogP contribution in [0.25, 0.3) is 10.2 Å². The van der Waals surface area contributed by atoms with Gasteiger partial charge in [0.2, 0.25) is 0 Å². The lowest BCUT2D eigenvalue weighted by Gasteiger charge is -2.07. The molecule has 0 amide bonds. The number of nitrogens with one attached hydrogen (secondary N) is 2. The van der Waals surface area contributed by atoms with E-state index in [2.05, 4.69) is 10.3 Å². The van der Waals surface area contributed by atoms with Crippen LogP contribution in [-0.2, 0) is 0 Å². The minimum absolute atomic E-state index is 0.407. The van der Waals surface area contributed by atoms with Crippen molar-refractivity contribution in [1.82, 2.24) is 4.98 Å². The number of nitrogens with zero attached hydrogens (tertiary/aromatic N) is 1. The number of pyridine rings is 1. The Balaban J connectivity index is 2.06. The van der Waals surface area contributed by atoms with E-state index in [-0.39, 0.29) is 0 Å². The minimum atomic E-state index is 0.407. The fraction of sp³-hybridized carbons (Fsp3) is 0.333. The van der Waals surface area contributed by atoms with E-state index in [0.29, 0.717) is 11.5 Å². The van der Waals surface area contributed by atoms with Gasteiger partial charge < -0.3 is 16.8 Å². The molecule has 2 aromatic heterocycles. The molecule has 21 heavy (non-hydrogen) atoms. The summed E-state index contributed by atoms with van der Waals surface area (Å²) < 4.78 is 1.06. The number of allylic oxidation sites excluding steroid dienone is 1. The standard InChI is InChI=1S/C15H19N5S/c1-8-13-15(21-14(8)10(17)4-5-16)11(6-12(18)20-13)19-7-9-2-3-9/h4-6,9,17H,2-3,7,16H2,1H3,(H3,18,19,20)/b5-4-,17-10?. The summed E-state index contributed by atoms with van der Waals surface area (Å²) in [5.41, 5.74) is 14.6. The number of hydrogen-bond acceptors (Lipinski definition) is 6. The van der Waals surface area contributed by atoms with Crippen LogP contribution in [0, 0.1) is 18.3 Å². The first-order valence-electron chi connectivity index (χ1n) is 7.01. The summed E-state index contributed by atoms with van der Waals surface area (Å²) in [5, 5.41) is 11.6. The van der Waals surface area contributed by atoms with E-state index in [0.717, 1.165) is 38.8 Å². The van der Waals surface area contributed by atoms with E-state index >= 15 is 0 Å². The van der Waals surface area contributed by atoms with E-state index in [1.54, 1.807) is 17.4 Å². The SMILES string of the molecule is Cc1c(C(=N)/C=C\N)sc2c(NCC3CC3)cc(N)nc12. The van der Waals surface area contributed by atoms with Gasteiger partial charge in [-0.1, -0.05) is 0 Å². The zero-order chi connectivity index (χ0) is 15.0. The first-order valence-corrected chi connectivity index (χ1v) is 7.82. The molecule has 0 spiro atoms. The van der Waals surface area contributed by atoms with Gasteiger partial charge in [-0.2, -0.15) is 0 Å². The van der Waals surface area contributed by atoms with Gasteiger partial charge in [0, 0.05) is 12.6 Å². The molecule has 0 aromatic carbocycles. The summed E-state index contributed by atoms with van der Waals surface area (Å²) in [6, 6.07) is 1.88. The fourth-order valence-corrected chi connectivity index (χ4v) is 3.50. The van der Waals surface area contributed by atoms with E-state index in [9.17, 15) is 0 Å². The summed E-state index contributed by atoms with van der Waals surface area (Å²) in [4.78, 5) is 5.33. The number of anilines is 2. The number of rotatable bonds is 5. The predicted molar refractivity (Wildman–Crippen MR) is 90.1 cm³/mol. The van der Waals surface area contributed by atoms with Crippen molar-refractivity contribution in [3.63, 3.8) is 0 Å². The average Bonchev–Trinajstić information content (AvgIpc) is 3.21. The highest BCUT2D eigenvalue weighted by Crippen LogP contribution is 2.37. The summed E-state index contributed by atoms with van der Waals surface area (Å²) in [6.07, 6.45) is 5.59. The van der Waals surface area contributed by atoms with Crippen LogP contribution in [0.4, 0.5) is 11.5 Å². The molecule has 1 fully saturated rings. The minimum Gasteiger partial charge on any atom is -0.405 e. The van der Waals surface area contributed by atoms with Gasteiger partial charge in [-0.3, -0.25) is 5.41 Å². The number of fused-ring (bicyclic) bond motifs is 1. The van der Waals surface area contributed by atoms with Crippen LogP contribution < -0.4 is 16.8 Å². The Morgan fingerprint density at radius 1 is 1.57 bits per heavy atom. The van der Waals surface area contributed by atoms with Crippen molar-refractivity contribution in [2.75, 3.05) is 17.6 Å². The fourth-order valence-electron chi connectivity index (χ4n) is 2.33. The second-order valence-electron chi connectivity index (χ2n) is 5.43. The first kappa shape index (κ1) is 13.9. The first-order chi connectivity index (χ1) is 10.1. The van der Waals surface area contributed by atoms with Gasteiger partial charge >= 0.3 is 0 Å². The number of nitrogens with two attached hydrogens (primary N) is 2. The van der Waals surface area contributed by atoms with Crippen LogP contribution in [-0.4, -0.2) is 17.2 Å². The summed E-state index contributed by atoms with van der Waals surface area (Å²) in [6.45, 7) is 2.95. The third-order valence-electron chi connectivity index (χ3n) is 3.68. The molecule has 0 saturated heterocycles. The van der Waals surface area contributed by atoms with E-state index in [4.69, 9.17) is 16.9 Å². The Labute approximate surface area is 127 Å². The number of aryl methyl sites for hydroxylation is 1. The molecule has 0 radical (unpaired) electrons. The molecule has 1 aliphatic rings. The zero-order valence-corrected chi connectivity index (χ0v) is 12.8. The van der Waals surface area contributed by atoms with E-state index in [1.165, 1.54) is 19.0 Å². The summed E-state index contributed by atoms with van der Waals surface area (Å²) in [5.74, 6) is 1.29. The lowest BCUT2D eigenvalue weighted by Crippen LogP contribution is -2.04. The third-order valence-corrected chi connectivity index (χ3v) is 5.03. The normalized spacial score (nSPS) is 14.9. The molecule has 1 saturated carbocycles. The van der Waals surface area contributed by atoms with Crippen LogP contribution in [0.15, 0.2) is 18.3 Å². The largest absolute Gasteiger partial charge is 0.405 e. The van der Waals surface area contributed by atoms with E-state index < -0.39 is 0 Å². The van der Waals surface area contributed by atoms with Crippen molar-refractivity contribution >= 4 is 38.8 Å². The van der Waals surface area contributed by atoms with Crippen LogP contribution in [0.2, 0.25) is 0 Å². The Bertz CT molecular complexity index is 727. The maximum absolute atomic E-state index is 8.07. The van der Waals surface area contributed by atoms with Crippen LogP contribution in [0.3, 0.4) is 0 Å². The smallest absolute Gasteiger partial charge is 0.126 e. The molecule has 0 aliphatic heterocycles. The zero-order valence-electron chi connectivity index (χ0n) is 11.9. The number of thiophene rings is 1. The molecular formula is C15H19N5S. The average molecular weight is 301 g/mol. The molecule has 0 bridgehead atoms. The number of hydrogen-bond donors (Lipinski definition) is 4. The third kappa shape index (κ3) is 2.71. The van der Waals surface area contributed by atoms with Crippen molar-refractivity contribution < 1.29 is 0 Å². The Morgan fingerprint density at radius 2 is 2.33 bits per heavy atom. The van der Waals surface area contributed by atoms with Gasteiger partial charge in [0.1, 0.15) is 5.82 Å². The summed E-state index contributed by atoms with van der Waals surface area (Å²) in [7, 11) is 0. The monoisotopic (exact) mass is 301 g/mol. The van der Waals surface area contributed by atoms with Gasteiger partial charge in [0.25, 0.3) is 0 Å². The molecule has 3 rings (SSSR count). The van der Waals surface area contributed by atoms with Crippen molar-refractivity contribution in [3.8, 4) is 0 Å². The maximum Gasteiger partial charge on any atom is 0.126 e. The van der Waals surface area contributed by atoms with Gasteiger partial charge in [-0.25, -0.2) is 4.98 Å². The molecule has 6 heteroatoms. The lowest BCUT2D eigenvalue weighted by molar-refractivity contribution is 0.890. The van der Waals surface area contributed by atoms with Crippen molar-refractivity contribution in [3.05, 3.63) is 28.8 Å². The van der Waals surface area contributed by atoms with Crippen molar-refractivity contribution in [2.45, 2.75) is 19.8 Å². The molecule has 2 aromatic rings. The van der Waals surface area contributed by atoms with Crippen LogP contribution in [0.1, 0.15) is 23.3 Å². The predicted octanol–water partition coefficient (Wildman–Crippen LogP) is 2.85.